The fourth-order valence-corrected chi connectivity index (χ4v) is 3.47. The number of aryl methyl sites for hydroxylation is 1. The number of hydrogen-bond acceptors (Lipinski definition) is 6. The van der Waals surface area contributed by atoms with Gasteiger partial charge in [-0.2, -0.15) is 5.10 Å². The van der Waals surface area contributed by atoms with Crippen LogP contribution in [0.4, 0.5) is 4.79 Å². The number of hydrogen-bond donors (Lipinski definition) is 3. The van der Waals surface area contributed by atoms with Crippen LogP contribution in [0.5, 0.6) is 0 Å². The van der Waals surface area contributed by atoms with Crippen LogP contribution in [0, 0.1) is 5.92 Å². The van der Waals surface area contributed by atoms with Gasteiger partial charge in [0.2, 0.25) is 0 Å². The molecular weight excluding hydrogens is 386 g/mol. The summed E-state index contributed by atoms with van der Waals surface area (Å²) < 4.78 is 12.1. The molecule has 0 bridgehead atoms. The summed E-state index contributed by atoms with van der Waals surface area (Å²) >= 11 is 0. The number of alkyl carbamates (subject to hydrolysis) is 1. The Labute approximate surface area is 179 Å². The first kappa shape index (κ1) is 23.9. The molecule has 0 fully saturated rings. The molecule has 30 heavy (non-hydrogen) atoms. The molecule has 2 atom stereocenters. The number of aliphatic imine (C=N–C) groups is 1. The molecule has 1 amide bonds. The summed E-state index contributed by atoms with van der Waals surface area (Å²) in [5, 5.41) is 14.2. The Bertz CT molecular complexity index is 690. The molecule has 2 heterocycles. The first-order valence-corrected chi connectivity index (χ1v) is 10.8. The Hall–Kier alpha value is -2.36. The summed E-state index contributed by atoms with van der Waals surface area (Å²) in [4.78, 5) is 21.1. The second-order valence-corrected chi connectivity index (χ2v) is 7.85. The topological polar surface area (TPSA) is 115 Å². The largest absolute Gasteiger partial charge is 0.450 e. The SMILES string of the molecule is CCNC(=NCC(CC(C)C)NC(=O)OCC)NC1CCc2nc(COC)nn2C1. The van der Waals surface area contributed by atoms with Gasteiger partial charge in [-0.25, -0.2) is 14.5 Å². The molecule has 0 saturated carbocycles. The highest BCUT2D eigenvalue weighted by Gasteiger charge is 2.23. The third kappa shape index (κ3) is 7.81. The average molecular weight is 424 g/mol. The lowest BCUT2D eigenvalue weighted by Crippen LogP contribution is -2.48. The predicted octanol–water partition coefficient (Wildman–Crippen LogP) is 1.46. The van der Waals surface area contributed by atoms with Crippen molar-refractivity contribution < 1.29 is 14.3 Å². The Kier molecular flexibility index (Phi) is 9.85. The van der Waals surface area contributed by atoms with Gasteiger partial charge in [-0.1, -0.05) is 13.8 Å². The fraction of sp³-hybridized carbons (Fsp3) is 0.800. The summed E-state index contributed by atoms with van der Waals surface area (Å²) in [5.41, 5.74) is 0. The van der Waals surface area contributed by atoms with Crippen LogP contribution in [0.2, 0.25) is 0 Å². The van der Waals surface area contributed by atoms with Crippen molar-refractivity contribution >= 4 is 12.1 Å². The van der Waals surface area contributed by atoms with E-state index < -0.39 is 6.09 Å². The zero-order valence-electron chi connectivity index (χ0n) is 18.9. The standard InChI is InChI=1S/C20H37N7O3/c1-6-21-19(22-11-16(10-14(3)4)24-20(28)30-7-2)23-15-8-9-18-25-17(13-29-5)26-27(18)12-15/h14-16H,6-13H2,1-5H3,(H,24,28)(H2,21,22,23). The van der Waals surface area contributed by atoms with E-state index in [2.05, 4.69) is 39.9 Å². The molecule has 2 rings (SSSR count). The summed E-state index contributed by atoms with van der Waals surface area (Å²) in [6.45, 7) is 10.8. The average Bonchev–Trinajstić information content (AvgIpc) is 3.08. The molecule has 1 aliphatic rings. The molecule has 1 aliphatic heterocycles. The van der Waals surface area contributed by atoms with Crippen LogP contribution < -0.4 is 16.0 Å². The van der Waals surface area contributed by atoms with Crippen molar-refractivity contribution in [3.8, 4) is 0 Å². The van der Waals surface area contributed by atoms with Gasteiger partial charge in [0, 0.05) is 26.1 Å². The maximum atomic E-state index is 11.9. The maximum Gasteiger partial charge on any atom is 0.407 e. The minimum atomic E-state index is -0.394. The highest BCUT2D eigenvalue weighted by Crippen LogP contribution is 2.13. The van der Waals surface area contributed by atoms with Crippen LogP contribution >= 0.6 is 0 Å². The van der Waals surface area contributed by atoms with Crippen molar-refractivity contribution in [2.75, 3.05) is 26.8 Å². The summed E-state index contributed by atoms with van der Waals surface area (Å²) in [6, 6.07) is 0.123. The first-order valence-electron chi connectivity index (χ1n) is 10.8. The van der Waals surface area contributed by atoms with Crippen LogP contribution in [0.15, 0.2) is 4.99 Å². The van der Waals surface area contributed by atoms with E-state index in [1.54, 1.807) is 14.0 Å². The summed E-state index contributed by atoms with van der Waals surface area (Å²) in [6.07, 6.45) is 2.24. The van der Waals surface area contributed by atoms with Gasteiger partial charge in [-0.05, 0) is 32.6 Å². The molecule has 1 aromatic heterocycles. The fourth-order valence-electron chi connectivity index (χ4n) is 3.47. The molecule has 10 heteroatoms. The zero-order valence-corrected chi connectivity index (χ0v) is 18.9. The van der Waals surface area contributed by atoms with Gasteiger partial charge in [-0.15, -0.1) is 0 Å². The second kappa shape index (κ2) is 12.4. The Morgan fingerprint density at radius 1 is 1.37 bits per heavy atom. The van der Waals surface area contributed by atoms with Gasteiger partial charge in [0.15, 0.2) is 11.8 Å². The molecule has 0 spiro atoms. The van der Waals surface area contributed by atoms with Gasteiger partial charge >= 0.3 is 6.09 Å². The van der Waals surface area contributed by atoms with Gasteiger partial charge in [0.25, 0.3) is 0 Å². The number of carbonyl (C=O) groups excluding carboxylic acids is 1. The minimum absolute atomic E-state index is 0.0793. The summed E-state index contributed by atoms with van der Waals surface area (Å²) in [7, 11) is 1.65. The van der Waals surface area contributed by atoms with Crippen molar-refractivity contribution in [1.29, 1.82) is 0 Å². The van der Waals surface area contributed by atoms with Crippen LogP contribution in [-0.4, -0.2) is 65.7 Å². The van der Waals surface area contributed by atoms with E-state index >= 15 is 0 Å². The summed E-state index contributed by atoms with van der Waals surface area (Å²) in [5.74, 6) is 2.89. The molecule has 10 nitrogen and oxygen atoms in total. The van der Waals surface area contributed by atoms with Gasteiger partial charge in [0.05, 0.1) is 25.7 Å². The van der Waals surface area contributed by atoms with Gasteiger partial charge < -0.3 is 25.4 Å². The van der Waals surface area contributed by atoms with Crippen molar-refractivity contribution in [1.82, 2.24) is 30.7 Å². The van der Waals surface area contributed by atoms with Crippen molar-refractivity contribution in [2.45, 2.75) is 72.2 Å². The van der Waals surface area contributed by atoms with E-state index in [0.29, 0.717) is 25.7 Å². The van der Waals surface area contributed by atoms with E-state index in [0.717, 1.165) is 50.0 Å². The maximum absolute atomic E-state index is 11.9. The van der Waals surface area contributed by atoms with Crippen molar-refractivity contribution in [3.05, 3.63) is 11.6 Å². The molecule has 170 valence electrons. The van der Waals surface area contributed by atoms with Crippen LogP contribution in [0.1, 0.15) is 52.2 Å². The smallest absolute Gasteiger partial charge is 0.407 e. The molecule has 0 aliphatic carbocycles. The number of aromatic nitrogens is 3. The van der Waals surface area contributed by atoms with Crippen LogP contribution in [-0.2, 0) is 29.0 Å². The van der Waals surface area contributed by atoms with Crippen LogP contribution in [0.25, 0.3) is 0 Å². The second-order valence-electron chi connectivity index (χ2n) is 7.85. The van der Waals surface area contributed by atoms with E-state index in [4.69, 9.17) is 14.5 Å². The third-order valence-electron chi connectivity index (χ3n) is 4.68. The normalized spacial score (nSPS) is 17.4. The number of nitrogens with zero attached hydrogens (tertiary/aromatic N) is 4. The first-order chi connectivity index (χ1) is 14.4. The minimum Gasteiger partial charge on any atom is -0.450 e. The number of rotatable bonds is 10. The lowest BCUT2D eigenvalue weighted by Gasteiger charge is -2.26. The van der Waals surface area contributed by atoms with E-state index in [-0.39, 0.29) is 12.1 Å². The number of nitrogens with one attached hydrogen (secondary N) is 3. The highest BCUT2D eigenvalue weighted by molar-refractivity contribution is 5.80. The number of carbonyl (C=O) groups is 1. The van der Waals surface area contributed by atoms with Gasteiger partial charge in [0.1, 0.15) is 12.4 Å². The quantitative estimate of drug-likeness (QED) is 0.385. The van der Waals surface area contributed by atoms with E-state index in [1.807, 2.05) is 11.6 Å². The molecule has 0 saturated heterocycles. The van der Waals surface area contributed by atoms with Crippen molar-refractivity contribution in [2.24, 2.45) is 10.9 Å². The highest BCUT2D eigenvalue weighted by atomic mass is 16.5. The van der Waals surface area contributed by atoms with Crippen LogP contribution in [0.3, 0.4) is 0 Å². The zero-order chi connectivity index (χ0) is 21.9. The Balaban J connectivity index is 1.98. The number of ether oxygens (including phenoxy) is 2. The molecule has 3 N–H and O–H groups in total. The number of fused-ring (bicyclic) bond motifs is 1. The molecule has 0 aromatic carbocycles. The lowest BCUT2D eigenvalue weighted by molar-refractivity contribution is 0.147. The number of guanidine groups is 1. The van der Waals surface area contributed by atoms with E-state index in [1.165, 1.54) is 0 Å². The number of amides is 1. The Morgan fingerprint density at radius 3 is 2.83 bits per heavy atom. The van der Waals surface area contributed by atoms with Crippen molar-refractivity contribution in [3.63, 3.8) is 0 Å². The molecule has 0 radical (unpaired) electrons. The lowest BCUT2D eigenvalue weighted by atomic mass is 10.0. The third-order valence-corrected chi connectivity index (χ3v) is 4.68. The Morgan fingerprint density at radius 2 is 2.17 bits per heavy atom. The van der Waals surface area contributed by atoms with Gasteiger partial charge in [-0.3, -0.25) is 4.99 Å². The predicted molar refractivity (Wildman–Crippen MR) is 115 cm³/mol. The molecule has 1 aromatic rings. The van der Waals surface area contributed by atoms with E-state index in [9.17, 15) is 4.79 Å². The molecule has 2 unspecified atom stereocenters. The number of methoxy groups -OCH3 is 1. The molecular formula is C20H37N7O3. The monoisotopic (exact) mass is 423 g/mol.